The molecule has 1 amide bonds. The number of amides is 1. The number of rotatable bonds is 1. The molecule has 1 N–H and O–H groups in total. The van der Waals surface area contributed by atoms with Gasteiger partial charge in [-0.25, -0.2) is 0 Å². The molecule has 0 bridgehead atoms. The molecule has 0 aromatic carbocycles. The van der Waals surface area contributed by atoms with Crippen LogP contribution in [0, 0.1) is 0 Å². The highest BCUT2D eigenvalue weighted by Gasteiger charge is 2.42. The lowest BCUT2D eigenvalue weighted by Crippen LogP contribution is -2.37. The van der Waals surface area contributed by atoms with Gasteiger partial charge < -0.3 is 14.8 Å². The first-order valence-electron chi connectivity index (χ1n) is 5.03. The Hall–Kier alpha value is -0.610. The zero-order chi connectivity index (χ0) is 11.4. The third kappa shape index (κ3) is 3.27. The number of nitrogens with one attached hydrogen (secondary N) is 1. The van der Waals surface area contributed by atoms with Gasteiger partial charge in [0.15, 0.2) is 11.9 Å². The Labute approximate surface area is 86.0 Å². The Morgan fingerprint density at radius 2 is 1.79 bits per heavy atom. The molecule has 2 unspecified atom stereocenters. The second kappa shape index (κ2) is 5.32. The molecule has 0 saturated carbocycles. The Morgan fingerprint density at radius 3 is 2.07 bits per heavy atom. The number of hydrogen-bond donors (Lipinski definition) is 1. The molecule has 1 fully saturated rings. The predicted octanol–water partition coefficient (Wildman–Crippen LogP) is 1.30. The fourth-order valence-electron chi connectivity index (χ4n) is 1.35. The summed E-state index contributed by atoms with van der Waals surface area (Å²) < 4.78 is 10.8. The van der Waals surface area contributed by atoms with Gasteiger partial charge in [0.25, 0.3) is 5.91 Å². The minimum Gasteiger partial charge on any atom is -0.357 e. The van der Waals surface area contributed by atoms with Gasteiger partial charge in [-0.05, 0) is 20.8 Å². The smallest absolute Gasteiger partial charge is 0.251 e. The van der Waals surface area contributed by atoms with E-state index in [1.54, 1.807) is 20.9 Å². The lowest BCUT2D eigenvalue weighted by molar-refractivity contribution is -0.155. The standard InChI is InChI=1S/C8H15NO3.C2H6/c1-5-6(7(10)9-4)12-8(2,3)11-5;1-2/h5-6H,1-4H3,(H,9,10);1-2H3. The van der Waals surface area contributed by atoms with Crippen LogP contribution in [0.5, 0.6) is 0 Å². The molecular formula is C10H21NO3. The van der Waals surface area contributed by atoms with Gasteiger partial charge in [0.2, 0.25) is 0 Å². The van der Waals surface area contributed by atoms with Crippen LogP contribution in [0.4, 0.5) is 0 Å². The molecular weight excluding hydrogens is 182 g/mol. The predicted molar refractivity (Wildman–Crippen MR) is 54.9 cm³/mol. The largest absolute Gasteiger partial charge is 0.357 e. The van der Waals surface area contributed by atoms with Crippen LogP contribution in [-0.4, -0.2) is 30.9 Å². The molecule has 1 rings (SSSR count). The number of likely N-dealkylation sites (N-methyl/N-ethyl adjacent to an activating group) is 1. The quantitative estimate of drug-likeness (QED) is 0.698. The van der Waals surface area contributed by atoms with Gasteiger partial charge in [-0.3, -0.25) is 4.79 Å². The fourth-order valence-corrected chi connectivity index (χ4v) is 1.35. The molecule has 4 nitrogen and oxygen atoms in total. The monoisotopic (exact) mass is 203 g/mol. The maximum atomic E-state index is 11.2. The second-order valence-corrected chi connectivity index (χ2v) is 3.38. The number of hydrogen-bond acceptors (Lipinski definition) is 3. The Balaban J connectivity index is 0.000000791. The van der Waals surface area contributed by atoms with Crippen LogP contribution in [0.2, 0.25) is 0 Å². The molecule has 84 valence electrons. The maximum Gasteiger partial charge on any atom is 0.251 e. The zero-order valence-corrected chi connectivity index (χ0v) is 9.88. The van der Waals surface area contributed by atoms with E-state index >= 15 is 0 Å². The Bertz CT molecular complexity index is 192. The van der Waals surface area contributed by atoms with E-state index < -0.39 is 11.9 Å². The summed E-state index contributed by atoms with van der Waals surface area (Å²) in [5.74, 6) is -0.774. The van der Waals surface area contributed by atoms with Crippen molar-refractivity contribution in [2.24, 2.45) is 0 Å². The van der Waals surface area contributed by atoms with Gasteiger partial charge in [-0.1, -0.05) is 13.8 Å². The Kier molecular flexibility index (Phi) is 5.08. The summed E-state index contributed by atoms with van der Waals surface area (Å²) in [6.45, 7) is 9.42. The molecule has 0 aromatic heterocycles. The molecule has 4 heteroatoms. The molecule has 1 aliphatic heterocycles. The molecule has 14 heavy (non-hydrogen) atoms. The van der Waals surface area contributed by atoms with Crippen molar-refractivity contribution in [3.63, 3.8) is 0 Å². The molecule has 1 saturated heterocycles. The van der Waals surface area contributed by atoms with Crippen molar-refractivity contribution in [1.29, 1.82) is 0 Å². The van der Waals surface area contributed by atoms with Gasteiger partial charge >= 0.3 is 0 Å². The lowest BCUT2D eigenvalue weighted by atomic mass is 10.2. The summed E-state index contributed by atoms with van der Waals surface area (Å²) in [5.41, 5.74) is 0. The van der Waals surface area contributed by atoms with Crippen LogP contribution in [0.25, 0.3) is 0 Å². The van der Waals surface area contributed by atoms with Gasteiger partial charge in [0.05, 0.1) is 6.10 Å². The first kappa shape index (κ1) is 13.4. The molecule has 0 aliphatic carbocycles. The Morgan fingerprint density at radius 1 is 1.29 bits per heavy atom. The first-order chi connectivity index (χ1) is 6.46. The van der Waals surface area contributed by atoms with Crippen molar-refractivity contribution in [3.05, 3.63) is 0 Å². The van der Waals surface area contributed by atoms with Crippen LogP contribution < -0.4 is 5.32 Å². The lowest BCUT2D eigenvalue weighted by Gasteiger charge is -2.16. The minimum atomic E-state index is -0.642. The average Bonchev–Trinajstić information content (AvgIpc) is 2.42. The van der Waals surface area contributed by atoms with E-state index in [4.69, 9.17) is 9.47 Å². The third-order valence-electron chi connectivity index (χ3n) is 1.81. The van der Waals surface area contributed by atoms with E-state index in [0.29, 0.717) is 0 Å². The summed E-state index contributed by atoms with van der Waals surface area (Å²) in [4.78, 5) is 11.2. The average molecular weight is 203 g/mol. The summed E-state index contributed by atoms with van der Waals surface area (Å²) in [6.07, 6.45) is -0.662. The van der Waals surface area contributed by atoms with Crippen molar-refractivity contribution in [2.75, 3.05) is 7.05 Å². The molecule has 0 radical (unpaired) electrons. The SMILES string of the molecule is CC.CNC(=O)C1OC(C)(C)OC1C. The summed E-state index contributed by atoms with van der Waals surface area (Å²) in [5, 5.41) is 2.53. The number of ether oxygens (including phenoxy) is 2. The van der Waals surface area contributed by atoms with E-state index in [1.807, 2.05) is 20.8 Å². The van der Waals surface area contributed by atoms with Crippen molar-refractivity contribution in [1.82, 2.24) is 5.32 Å². The highest BCUT2D eigenvalue weighted by Crippen LogP contribution is 2.27. The maximum absolute atomic E-state index is 11.2. The van der Waals surface area contributed by atoms with Crippen LogP contribution in [-0.2, 0) is 14.3 Å². The second-order valence-electron chi connectivity index (χ2n) is 3.38. The van der Waals surface area contributed by atoms with Crippen LogP contribution in [0.15, 0.2) is 0 Å². The van der Waals surface area contributed by atoms with E-state index in [0.717, 1.165) is 0 Å². The van der Waals surface area contributed by atoms with Gasteiger partial charge in [-0.2, -0.15) is 0 Å². The molecule has 1 aliphatic rings. The van der Waals surface area contributed by atoms with E-state index in [2.05, 4.69) is 5.32 Å². The first-order valence-corrected chi connectivity index (χ1v) is 5.03. The van der Waals surface area contributed by atoms with Crippen LogP contribution in [0.1, 0.15) is 34.6 Å². The van der Waals surface area contributed by atoms with Crippen molar-refractivity contribution >= 4 is 5.91 Å². The van der Waals surface area contributed by atoms with Crippen LogP contribution in [0.3, 0.4) is 0 Å². The van der Waals surface area contributed by atoms with E-state index in [9.17, 15) is 4.79 Å². The highest BCUT2D eigenvalue weighted by molar-refractivity contribution is 5.81. The topological polar surface area (TPSA) is 47.6 Å². The van der Waals surface area contributed by atoms with Gasteiger partial charge in [0, 0.05) is 7.05 Å². The highest BCUT2D eigenvalue weighted by atomic mass is 16.8. The van der Waals surface area contributed by atoms with Crippen molar-refractivity contribution in [3.8, 4) is 0 Å². The van der Waals surface area contributed by atoms with Gasteiger partial charge in [-0.15, -0.1) is 0 Å². The van der Waals surface area contributed by atoms with Crippen molar-refractivity contribution < 1.29 is 14.3 Å². The molecule has 0 spiro atoms. The van der Waals surface area contributed by atoms with Crippen LogP contribution >= 0.6 is 0 Å². The van der Waals surface area contributed by atoms with E-state index in [-0.39, 0.29) is 12.0 Å². The fraction of sp³-hybridized carbons (Fsp3) is 0.900. The summed E-state index contributed by atoms with van der Waals surface area (Å²) in [6, 6.07) is 0. The third-order valence-corrected chi connectivity index (χ3v) is 1.81. The van der Waals surface area contributed by atoms with Crippen molar-refractivity contribution in [2.45, 2.75) is 52.6 Å². The molecule has 0 aromatic rings. The van der Waals surface area contributed by atoms with E-state index in [1.165, 1.54) is 0 Å². The molecule has 2 atom stereocenters. The molecule has 1 heterocycles. The summed E-state index contributed by atoms with van der Waals surface area (Å²) >= 11 is 0. The normalized spacial score (nSPS) is 29.0. The van der Waals surface area contributed by atoms with Gasteiger partial charge in [0.1, 0.15) is 0 Å². The summed E-state index contributed by atoms with van der Waals surface area (Å²) in [7, 11) is 1.59. The zero-order valence-electron chi connectivity index (χ0n) is 9.88. The number of carbonyl (C=O) groups excluding carboxylic acids is 1. The number of carbonyl (C=O) groups is 1. The minimum absolute atomic E-state index is 0.131.